The number of benzene rings is 3. The first-order valence-electron chi connectivity index (χ1n) is 14.0. The van der Waals surface area contributed by atoms with E-state index in [0.29, 0.717) is 30.8 Å². The van der Waals surface area contributed by atoms with Crippen molar-refractivity contribution in [3.8, 4) is 5.75 Å². The lowest BCUT2D eigenvalue weighted by Crippen LogP contribution is -2.45. The Morgan fingerprint density at radius 2 is 1.55 bits per heavy atom. The van der Waals surface area contributed by atoms with E-state index in [9.17, 15) is 18.3 Å². The molecule has 7 nitrogen and oxygen atoms in total. The average Bonchev–Trinajstić information content (AvgIpc) is 3.50. The molecule has 0 spiro atoms. The number of rotatable bonds is 15. The van der Waals surface area contributed by atoms with Crippen LogP contribution >= 0.6 is 0 Å². The zero-order valence-corrected chi connectivity index (χ0v) is 24.0. The van der Waals surface area contributed by atoms with E-state index < -0.39 is 16.1 Å². The van der Waals surface area contributed by atoms with Gasteiger partial charge in [-0.05, 0) is 55.0 Å². The SMILES string of the molecule is COc1ccc(S(=O)(=O)N(CC2CCCC2)C[C@@H](O)CN(CCc2ccccc2)CC(=O)c2ccccc2)cc1. The minimum Gasteiger partial charge on any atom is -0.497 e. The first-order valence-corrected chi connectivity index (χ1v) is 15.5. The second-order valence-corrected chi connectivity index (χ2v) is 12.5. The minimum absolute atomic E-state index is 0.0328. The molecule has 0 unspecified atom stereocenters. The van der Waals surface area contributed by atoms with Crippen molar-refractivity contribution in [3.05, 3.63) is 96.1 Å². The molecule has 1 aliphatic carbocycles. The van der Waals surface area contributed by atoms with Gasteiger partial charge in [0.15, 0.2) is 5.78 Å². The summed E-state index contributed by atoms with van der Waals surface area (Å²) in [5.74, 6) is 0.821. The van der Waals surface area contributed by atoms with E-state index in [0.717, 1.165) is 31.2 Å². The van der Waals surface area contributed by atoms with Crippen LogP contribution in [0.2, 0.25) is 0 Å². The van der Waals surface area contributed by atoms with Crippen molar-refractivity contribution in [2.24, 2.45) is 5.92 Å². The molecule has 8 heteroatoms. The van der Waals surface area contributed by atoms with Crippen molar-refractivity contribution in [3.63, 3.8) is 0 Å². The zero-order valence-electron chi connectivity index (χ0n) is 23.2. The topological polar surface area (TPSA) is 87.2 Å². The molecule has 1 atom stereocenters. The molecule has 1 saturated carbocycles. The van der Waals surface area contributed by atoms with E-state index in [1.807, 2.05) is 53.4 Å². The standard InChI is InChI=1S/C32H40N2O5S/c1-39-30-16-18-31(19-17-30)40(37,38)34(22-27-12-8-9-13-27)24-29(35)23-33(21-20-26-10-4-2-5-11-26)25-32(36)28-14-6-3-7-15-28/h2-7,10-11,14-19,27,29,35H,8-9,12-13,20-25H2,1H3/t29-/m0/s1. The number of carbonyl (C=O) groups is 1. The summed E-state index contributed by atoms with van der Waals surface area (Å²) in [6, 6.07) is 25.5. The number of hydrogen-bond acceptors (Lipinski definition) is 6. The van der Waals surface area contributed by atoms with E-state index in [1.54, 1.807) is 43.5 Å². The molecule has 214 valence electrons. The fourth-order valence-electron chi connectivity index (χ4n) is 5.32. The highest BCUT2D eigenvalue weighted by Crippen LogP contribution is 2.28. The van der Waals surface area contributed by atoms with Crippen LogP contribution in [0.15, 0.2) is 89.8 Å². The summed E-state index contributed by atoms with van der Waals surface area (Å²) in [6.45, 7) is 1.23. The maximum atomic E-state index is 13.7. The van der Waals surface area contributed by atoms with E-state index in [2.05, 4.69) is 0 Å². The summed E-state index contributed by atoms with van der Waals surface area (Å²) >= 11 is 0. The van der Waals surface area contributed by atoms with Crippen LogP contribution in [0.3, 0.4) is 0 Å². The van der Waals surface area contributed by atoms with Gasteiger partial charge in [-0.1, -0.05) is 73.5 Å². The summed E-state index contributed by atoms with van der Waals surface area (Å²) in [7, 11) is -2.29. The number of Topliss-reactive ketones (excluding diaryl/α,β-unsaturated/α-hetero) is 1. The van der Waals surface area contributed by atoms with Crippen LogP contribution in [0.25, 0.3) is 0 Å². The quantitative estimate of drug-likeness (QED) is 0.270. The summed E-state index contributed by atoms with van der Waals surface area (Å²) in [5.41, 5.74) is 1.76. The Hall–Kier alpha value is -3.04. The van der Waals surface area contributed by atoms with Gasteiger partial charge in [0.1, 0.15) is 5.75 Å². The molecule has 3 aromatic carbocycles. The third-order valence-electron chi connectivity index (χ3n) is 7.54. The third-order valence-corrected chi connectivity index (χ3v) is 9.39. The molecule has 3 aromatic rings. The van der Waals surface area contributed by atoms with Gasteiger partial charge in [0.05, 0.1) is 24.7 Å². The zero-order chi connectivity index (χ0) is 28.4. The van der Waals surface area contributed by atoms with Crippen molar-refractivity contribution in [2.75, 3.05) is 39.8 Å². The maximum Gasteiger partial charge on any atom is 0.243 e. The van der Waals surface area contributed by atoms with E-state index >= 15 is 0 Å². The maximum absolute atomic E-state index is 13.7. The van der Waals surface area contributed by atoms with Gasteiger partial charge in [0, 0.05) is 31.7 Å². The molecule has 4 rings (SSSR count). The van der Waals surface area contributed by atoms with Crippen LogP contribution in [-0.2, 0) is 16.4 Å². The van der Waals surface area contributed by atoms with Gasteiger partial charge in [0.2, 0.25) is 10.0 Å². The first kappa shape index (κ1) is 29.9. The van der Waals surface area contributed by atoms with E-state index in [-0.39, 0.29) is 36.2 Å². The van der Waals surface area contributed by atoms with Crippen LogP contribution in [-0.4, -0.2) is 74.5 Å². The highest BCUT2D eigenvalue weighted by atomic mass is 32.2. The molecular weight excluding hydrogens is 524 g/mol. The van der Waals surface area contributed by atoms with Crippen LogP contribution in [0.1, 0.15) is 41.6 Å². The Morgan fingerprint density at radius 3 is 2.17 bits per heavy atom. The summed E-state index contributed by atoms with van der Waals surface area (Å²) in [5, 5.41) is 11.3. The lowest BCUT2D eigenvalue weighted by molar-refractivity contribution is 0.0775. The number of aliphatic hydroxyl groups excluding tert-OH is 1. The van der Waals surface area contributed by atoms with Gasteiger partial charge in [-0.15, -0.1) is 0 Å². The summed E-state index contributed by atoms with van der Waals surface area (Å²) in [4.78, 5) is 15.2. The van der Waals surface area contributed by atoms with Gasteiger partial charge >= 0.3 is 0 Å². The van der Waals surface area contributed by atoms with Crippen LogP contribution in [0.5, 0.6) is 5.75 Å². The van der Waals surface area contributed by atoms with Crippen molar-refractivity contribution >= 4 is 15.8 Å². The molecule has 0 bridgehead atoms. The Labute approximate surface area is 238 Å². The number of carbonyl (C=O) groups excluding carboxylic acids is 1. The highest BCUT2D eigenvalue weighted by Gasteiger charge is 2.31. The highest BCUT2D eigenvalue weighted by molar-refractivity contribution is 7.89. The molecular formula is C32H40N2O5S. The number of sulfonamides is 1. The summed E-state index contributed by atoms with van der Waals surface area (Å²) in [6.07, 6.45) is 3.91. The average molecular weight is 565 g/mol. The van der Waals surface area contributed by atoms with E-state index in [4.69, 9.17) is 4.74 Å². The third kappa shape index (κ3) is 8.48. The van der Waals surface area contributed by atoms with Crippen LogP contribution in [0, 0.1) is 5.92 Å². The van der Waals surface area contributed by atoms with Crippen molar-refractivity contribution in [1.29, 1.82) is 0 Å². The normalized spacial score (nSPS) is 15.0. The molecule has 1 aliphatic rings. The lowest BCUT2D eigenvalue weighted by Gasteiger charge is -2.30. The number of ketones is 1. The number of ether oxygens (including phenoxy) is 1. The molecule has 0 aliphatic heterocycles. The molecule has 40 heavy (non-hydrogen) atoms. The first-order chi connectivity index (χ1) is 19.3. The van der Waals surface area contributed by atoms with Gasteiger partial charge in [0.25, 0.3) is 0 Å². The second kappa shape index (κ2) is 14.6. The number of nitrogens with zero attached hydrogens (tertiary/aromatic N) is 2. The van der Waals surface area contributed by atoms with Gasteiger partial charge in [-0.2, -0.15) is 4.31 Å². The van der Waals surface area contributed by atoms with Crippen LogP contribution < -0.4 is 4.74 Å². The molecule has 1 fully saturated rings. The van der Waals surface area contributed by atoms with Gasteiger partial charge < -0.3 is 9.84 Å². The van der Waals surface area contributed by atoms with Gasteiger partial charge in [-0.25, -0.2) is 8.42 Å². The summed E-state index contributed by atoms with van der Waals surface area (Å²) < 4.78 is 34.1. The predicted octanol–water partition coefficient (Wildman–Crippen LogP) is 4.66. The minimum atomic E-state index is -3.83. The van der Waals surface area contributed by atoms with Crippen molar-refractivity contribution < 1.29 is 23.1 Å². The second-order valence-electron chi connectivity index (χ2n) is 10.6. The Bertz CT molecular complexity index is 1290. The Morgan fingerprint density at radius 1 is 0.925 bits per heavy atom. The smallest absolute Gasteiger partial charge is 0.243 e. The Kier molecular flexibility index (Phi) is 10.9. The molecule has 0 radical (unpaired) electrons. The lowest BCUT2D eigenvalue weighted by atomic mass is 10.1. The number of methoxy groups -OCH3 is 1. The molecule has 0 aromatic heterocycles. The predicted molar refractivity (Wildman–Crippen MR) is 157 cm³/mol. The van der Waals surface area contributed by atoms with Gasteiger partial charge in [-0.3, -0.25) is 9.69 Å². The molecule has 0 heterocycles. The molecule has 0 amide bonds. The Balaban J connectivity index is 1.49. The molecule has 0 saturated heterocycles. The van der Waals surface area contributed by atoms with E-state index in [1.165, 1.54) is 4.31 Å². The van der Waals surface area contributed by atoms with Crippen LogP contribution in [0.4, 0.5) is 0 Å². The van der Waals surface area contributed by atoms with Crippen molar-refractivity contribution in [2.45, 2.75) is 43.1 Å². The molecule has 1 N–H and O–H groups in total. The fourth-order valence-corrected chi connectivity index (χ4v) is 6.88. The largest absolute Gasteiger partial charge is 0.497 e. The number of aliphatic hydroxyl groups is 1. The number of hydrogen-bond donors (Lipinski definition) is 1. The fraction of sp³-hybridized carbons (Fsp3) is 0.406. The van der Waals surface area contributed by atoms with Crippen molar-refractivity contribution in [1.82, 2.24) is 9.21 Å². The monoisotopic (exact) mass is 564 g/mol.